The summed E-state index contributed by atoms with van der Waals surface area (Å²) in [6.07, 6.45) is 4.96. The summed E-state index contributed by atoms with van der Waals surface area (Å²) in [5, 5.41) is 5.65. The second-order valence-electron chi connectivity index (χ2n) is 5.25. The topological polar surface area (TPSA) is 79.6 Å². The van der Waals surface area contributed by atoms with E-state index in [0.717, 1.165) is 30.0 Å². The molecular formula is C16H20N4O3. The number of anilines is 1. The molecule has 0 saturated carbocycles. The molecule has 3 rings (SSSR count). The van der Waals surface area contributed by atoms with Gasteiger partial charge in [-0.15, -0.1) is 0 Å². The minimum absolute atomic E-state index is 0.219. The minimum Gasteiger partial charge on any atom is -0.472 e. The Bertz CT molecular complexity index is 624. The van der Waals surface area contributed by atoms with E-state index < -0.39 is 0 Å². The van der Waals surface area contributed by atoms with Gasteiger partial charge in [-0.2, -0.15) is 0 Å². The van der Waals surface area contributed by atoms with E-state index in [2.05, 4.69) is 20.5 Å². The molecule has 1 aliphatic heterocycles. The van der Waals surface area contributed by atoms with E-state index in [4.69, 9.17) is 9.15 Å². The highest BCUT2D eigenvalue weighted by Gasteiger charge is 2.16. The van der Waals surface area contributed by atoms with Crippen molar-refractivity contribution in [2.45, 2.75) is 13.1 Å². The van der Waals surface area contributed by atoms with Crippen LogP contribution in [0.15, 0.2) is 41.3 Å². The van der Waals surface area contributed by atoms with Gasteiger partial charge in [0.2, 0.25) is 0 Å². The number of morpholine rings is 1. The van der Waals surface area contributed by atoms with Gasteiger partial charge in [0.25, 0.3) is 0 Å². The lowest BCUT2D eigenvalue weighted by Gasteiger charge is -2.29. The first-order valence-electron chi connectivity index (χ1n) is 7.62. The predicted molar refractivity (Wildman–Crippen MR) is 85.1 cm³/mol. The Balaban J connectivity index is 1.54. The summed E-state index contributed by atoms with van der Waals surface area (Å²) in [5.41, 5.74) is 1.92. The molecule has 0 aromatic carbocycles. The molecule has 2 amide bonds. The maximum absolute atomic E-state index is 11.9. The van der Waals surface area contributed by atoms with Gasteiger partial charge in [-0.1, -0.05) is 6.07 Å². The van der Waals surface area contributed by atoms with E-state index in [0.29, 0.717) is 26.3 Å². The molecule has 0 radical (unpaired) electrons. The summed E-state index contributed by atoms with van der Waals surface area (Å²) in [4.78, 5) is 18.5. The fourth-order valence-electron chi connectivity index (χ4n) is 2.44. The molecular weight excluding hydrogens is 296 g/mol. The van der Waals surface area contributed by atoms with Crippen molar-refractivity contribution in [3.8, 4) is 0 Å². The number of hydrogen-bond acceptors (Lipinski definition) is 5. The average molecular weight is 316 g/mol. The Hall–Kier alpha value is -2.54. The molecule has 0 spiro atoms. The quantitative estimate of drug-likeness (QED) is 0.874. The maximum atomic E-state index is 11.9. The lowest BCUT2D eigenvalue weighted by Crippen LogP contribution is -2.38. The van der Waals surface area contributed by atoms with Crippen molar-refractivity contribution in [1.29, 1.82) is 0 Å². The SMILES string of the molecule is O=C(NCc1ccoc1)NCc1cccnc1N1CCOCC1. The van der Waals surface area contributed by atoms with Crippen LogP contribution in [0.1, 0.15) is 11.1 Å². The number of amides is 2. The van der Waals surface area contributed by atoms with Gasteiger partial charge in [-0.05, 0) is 12.1 Å². The van der Waals surface area contributed by atoms with Crippen LogP contribution in [0.5, 0.6) is 0 Å². The van der Waals surface area contributed by atoms with Crippen LogP contribution in [0.2, 0.25) is 0 Å². The molecule has 1 saturated heterocycles. The van der Waals surface area contributed by atoms with Crippen molar-refractivity contribution in [2.24, 2.45) is 0 Å². The Labute approximate surface area is 134 Å². The smallest absolute Gasteiger partial charge is 0.315 e. The van der Waals surface area contributed by atoms with Crippen molar-refractivity contribution in [3.63, 3.8) is 0 Å². The molecule has 0 aliphatic carbocycles. The van der Waals surface area contributed by atoms with Crippen LogP contribution in [0.4, 0.5) is 10.6 Å². The third-order valence-electron chi connectivity index (χ3n) is 3.65. The van der Waals surface area contributed by atoms with Crippen LogP contribution < -0.4 is 15.5 Å². The third-order valence-corrected chi connectivity index (χ3v) is 3.65. The highest BCUT2D eigenvalue weighted by molar-refractivity contribution is 5.74. The van der Waals surface area contributed by atoms with E-state index in [-0.39, 0.29) is 6.03 Å². The molecule has 2 N–H and O–H groups in total. The second-order valence-corrected chi connectivity index (χ2v) is 5.25. The minimum atomic E-state index is -0.219. The fourth-order valence-corrected chi connectivity index (χ4v) is 2.44. The lowest BCUT2D eigenvalue weighted by molar-refractivity contribution is 0.122. The maximum Gasteiger partial charge on any atom is 0.315 e. The van der Waals surface area contributed by atoms with Gasteiger partial charge in [-0.3, -0.25) is 0 Å². The van der Waals surface area contributed by atoms with Gasteiger partial charge in [-0.25, -0.2) is 9.78 Å². The van der Waals surface area contributed by atoms with Gasteiger partial charge in [0.05, 0.1) is 25.7 Å². The number of ether oxygens (including phenoxy) is 1. The van der Waals surface area contributed by atoms with Gasteiger partial charge in [0, 0.05) is 43.5 Å². The highest BCUT2D eigenvalue weighted by atomic mass is 16.5. The van der Waals surface area contributed by atoms with Gasteiger partial charge in [0.15, 0.2) is 0 Å². The Morgan fingerprint density at radius 3 is 2.83 bits per heavy atom. The number of nitrogens with zero attached hydrogens (tertiary/aromatic N) is 2. The molecule has 23 heavy (non-hydrogen) atoms. The van der Waals surface area contributed by atoms with Crippen molar-refractivity contribution in [3.05, 3.63) is 48.0 Å². The molecule has 7 nitrogen and oxygen atoms in total. The Morgan fingerprint density at radius 2 is 2.04 bits per heavy atom. The number of rotatable bonds is 5. The third kappa shape index (κ3) is 4.23. The van der Waals surface area contributed by atoms with Crippen LogP contribution in [-0.4, -0.2) is 37.3 Å². The number of carbonyl (C=O) groups excluding carboxylic acids is 1. The van der Waals surface area contributed by atoms with E-state index in [9.17, 15) is 4.79 Å². The number of aromatic nitrogens is 1. The van der Waals surface area contributed by atoms with Crippen molar-refractivity contribution in [2.75, 3.05) is 31.2 Å². The van der Waals surface area contributed by atoms with Gasteiger partial charge in [0.1, 0.15) is 5.82 Å². The van der Waals surface area contributed by atoms with E-state index in [1.807, 2.05) is 18.2 Å². The molecule has 2 aromatic heterocycles. The molecule has 1 fully saturated rings. The molecule has 3 heterocycles. The first-order chi connectivity index (χ1) is 11.3. The Kier molecular flexibility index (Phi) is 5.10. The first kappa shape index (κ1) is 15.4. The standard InChI is InChI=1S/C16H20N4O3/c21-16(18-10-13-3-7-23-12-13)19-11-14-2-1-4-17-15(14)20-5-8-22-9-6-20/h1-4,7,12H,5-6,8-11H2,(H2,18,19,21). The molecule has 0 unspecified atom stereocenters. The molecule has 0 bridgehead atoms. The number of hydrogen-bond donors (Lipinski definition) is 2. The van der Waals surface area contributed by atoms with Crippen LogP contribution in [0.3, 0.4) is 0 Å². The molecule has 2 aromatic rings. The van der Waals surface area contributed by atoms with Crippen molar-refractivity contribution in [1.82, 2.24) is 15.6 Å². The van der Waals surface area contributed by atoms with Gasteiger partial charge >= 0.3 is 6.03 Å². The van der Waals surface area contributed by atoms with Crippen LogP contribution in [0, 0.1) is 0 Å². The van der Waals surface area contributed by atoms with Gasteiger partial charge < -0.3 is 24.7 Å². The Morgan fingerprint density at radius 1 is 1.22 bits per heavy atom. The number of carbonyl (C=O) groups is 1. The summed E-state index contributed by atoms with van der Waals surface area (Å²) in [6, 6.07) is 5.46. The number of urea groups is 1. The zero-order chi connectivity index (χ0) is 15.9. The summed E-state index contributed by atoms with van der Waals surface area (Å²) >= 11 is 0. The van der Waals surface area contributed by atoms with Crippen LogP contribution in [-0.2, 0) is 17.8 Å². The van der Waals surface area contributed by atoms with Crippen LogP contribution >= 0.6 is 0 Å². The van der Waals surface area contributed by atoms with E-state index >= 15 is 0 Å². The zero-order valence-electron chi connectivity index (χ0n) is 12.8. The summed E-state index contributed by atoms with van der Waals surface area (Å²) in [7, 11) is 0. The number of nitrogens with one attached hydrogen (secondary N) is 2. The molecule has 122 valence electrons. The second kappa shape index (κ2) is 7.64. The van der Waals surface area contributed by atoms with E-state index in [1.54, 1.807) is 18.7 Å². The summed E-state index contributed by atoms with van der Waals surface area (Å²) in [5.74, 6) is 0.908. The zero-order valence-corrected chi connectivity index (χ0v) is 12.8. The summed E-state index contributed by atoms with van der Waals surface area (Å²) < 4.78 is 10.3. The molecule has 0 atom stereocenters. The largest absolute Gasteiger partial charge is 0.472 e. The molecule has 1 aliphatic rings. The number of furan rings is 1. The van der Waals surface area contributed by atoms with Crippen molar-refractivity contribution >= 4 is 11.8 Å². The molecule has 7 heteroatoms. The summed E-state index contributed by atoms with van der Waals surface area (Å²) in [6.45, 7) is 3.90. The predicted octanol–water partition coefficient (Wildman–Crippen LogP) is 1.51. The highest BCUT2D eigenvalue weighted by Crippen LogP contribution is 2.18. The monoisotopic (exact) mass is 316 g/mol. The fraction of sp³-hybridized carbons (Fsp3) is 0.375. The lowest BCUT2D eigenvalue weighted by atomic mass is 10.2. The average Bonchev–Trinajstić information content (AvgIpc) is 3.13. The van der Waals surface area contributed by atoms with Crippen LogP contribution in [0.25, 0.3) is 0 Å². The van der Waals surface area contributed by atoms with Crippen molar-refractivity contribution < 1.29 is 13.9 Å². The first-order valence-corrected chi connectivity index (χ1v) is 7.62. The number of pyridine rings is 1. The normalized spacial score (nSPS) is 14.5. The van der Waals surface area contributed by atoms with E-state index in [1.165, 1.54) is 0 Å².